The van der Waals surface area contributed by atoms with Crippen molar-refractivity contribution in [3.63, 3.8) is 0 Å². The molecule has 0 spiro atoms. The van der Waals surface area contributed by atoms with Crippen LogP contribution in [0.4, 0.5) is 13.2 Å². The summed E-state index contributed by atoms with van der Waals surface area (Å²) in [6.45, 7) is 1.51. The molecule has 1 aliphatic heterocycles. The van der Waals surface area contributed by atoms with Gasteiger partial charge in [-0.3, -0.25) is 0 Å². The molecule has 3 nitrogen and oxygen atoms in total. The average Bonchev–Trinajstić information content (AvgIpc) is 1.99. The van der Waals surface area contributed by atoms with Gasteiger partial charge in [0.1, 0.15) is 6.61 Å². The smallest absolute Gasteiger partial charge is 0.414 e. The lowest BCUT2D eigenvalue weighted by atomic mass is 10.1. The normalized spacial score (nSPS) is 26.4. The van der Waals surface area contributed by atoms with Crippen LogP contribution in [0.3, 0.4) is 0 Å². The number of alkyl halides is 3. The van der Waals surface area contributed by atoms with E-state index in [1.807, 2.05) is 0 Å². The Morgan fingerprint density at radius 3 is 2.67 bits per heavy atom. The maximum atomic E-state index is 11.9. The van der Waals surface area contributed by atoms with Crippen molar-refractivity contribution in [2.24, 2.45) is 0 Å². The molecule has 6 heteroatoms. The van der Waals surface area contributed by atoms with Crippen LogP contribution in [0, 0.1) is 0 Å². The highest BCUT2D eigenvalue weighted by Gasteiger charge is 2.49. The predicted octanol–water partition coefficient (Wildman–Crippen LogP) is 1.83. The van der Waals surface area contributed by atoms with Gasteiger partial charge in [-0.1, -0.05) is 6.08 Å². The van der Waals surface area contributed by atoms with Crippen LogP contribution >= 0.6 is 0 Å². The van der Waals surface area contributed by atoms with Crippen molar-refractivity contribution >= 4 is 5.97 Å². The zero-order chi connectivity index (χ0) is 11.5. The second-order valence-corrected chi connectivity index (χ2v) is 3.15. The summed E-state index contributed by atoms with van der Waals surface area (Å²) in [4.78, 5) is 10.8. The molecule has 0 N–H and O–H groups in total. The van der Waals surface area contributed by atoms with E-state index in [1.54, 1.807) is 6.92 Å². The number of esters is 1. The molecule has 0 aromatic rings. The number of carbonyl (C=O) groups excluding carboxylic acids is 1. The van der Waals surface area contributed by atoms with E-state index in [-0.39, 0.29) is 13.0 Å². The Hall–Kier alpha value is -1.04. The maximum absolute atomic E-state index is 11.9. The molecule has 1 saturated heterocycles. The summed E-state index contributed by atoms with van der Waals surface area (Å²) in [5.41, 5.74) is 0. The number of halogens is 3. The Morgan fingerprint density at radius 1 is 1.60 bits per heavy atom. The van der Waals surface area contributed by atoms with Crippen molar-refractivity contribution in [2.75, 3.05) is 6.61 Å². The second kappa shape index (κ2) is 4.65. The summed E-state index contributed by atoms with van der Waals surface area (Å²) >= 11 is 0. The van der Waals surface area contributed by atoms with Crippen molar-refractivity contribution in [2.45, 2.75) is 31.7 Å². The third-order valence-corrected chi connectivity index (χ3v) is 1.91. The Balaban J connectivity index is 2.16. The van der Waals surface area contributed by atoms with Crippen LogP contribution in [0.25, 0.3) is 0 Å². The first kappa shape index (κ1) is 12.0. The molecule has 0 aromatic carbocycles. The van der Waals surface area contributed by atoms with Crippen LogP contribution in [0.5, 0.6) is 0 Å². The molecule has 86 valence electrons. The largest absolute Gasteiger partial charge is 0.460 e. The SMILES string of the molecule is CC=CC(=O)OCC1CC(C(F)(F)F)O1. The molecule has 1 fully saturated rings. The van der Waals surface area contributed by atoms with Crippen LogP contribution in [0.15, 0.2) is 12.2 Å². The summed E-state index contributed by atoms with van der Waals surface area (Å²) in [5.74, 6) is -0.573. The number of ether oxygens (including phenoxy) is 2. The Bertz CT molecular complexity index is 254. The molecular weight excluding hydrogens is 213 g/mol. The summed E-state index contributed by atoms with van der Waals surface area (Å²) in [6, 6.07) is 0. The zero-order valence-electron chi connectivity index (χ0n) is 8.08. The van der Waals surface area contributed by atoms with E-state index in [9.17, 15) is 18.0 Å². The minimum atomic E-state index is -4.32. The van der Waals surface area contributed by atoms with Gasteiger partial charge in [0, 0.05) is 12.5 Å². The summed E-state index contributed by atoms with van der Waals surface area (Å²) in [7, 11) is 0. The van der Waals surface area contributed by atoms with E-state index < -0.39 is 24.4 Å². The first-order chi connectivity index (χ1) is 6.93. The lowest BCUT2D eigenvalue weighted by Crippen LogP contribution is -2.49. The number of hydrogen-bond acceptors (Lipinski definition) is 3. The third-order valence-electron chi connectivity index (χ3n) is 1.91. The van der Waals surface area contributed by atoms with Crippen LogP contribution in [-0.2, 0) is 14.3 Å². The first-order valence-corrected chi connectivity index (χ1v) is 4.45. The molecule has 1 heterocycles. The Kier molecular flexibility index (Phi) is 3.73. The molecule has 2 unspecified atom stereocenters. The lowest BCUT2D eigenvalue weighted by molar-refractivity contribution is -0.290. The van der Waals surface area contributed by atoms with Gasteiger partial charge >= 0.3 is 12.1 Å². The van der Waals surface area contributed by atoms with Crippen molar-refractivity contribution < 1.29 is 27.4 Å². The van der Waals surface area contributed by atoms with Gasteiger partial charge in [0.05, 0.1) is 6.10 Å². The monoisotopic (exact) mass is 224 g/mol. The highest BCUT2D eigenvalue weighted by molar-refractivity contribution is 5.81. The molecule has 0 amide bonds. The van der Waals surface area contributed by atoms with Crippen molar-refractivity contribution in [1.82, 2.24) is 0 Å². The molecule has 1 aliphatic rings. The van der Waals surface area contributed by atoms with Gasteiger partial charge in [0.25, 0.3) is 0 Å². The fourth-order valence-corrected chi connectivity index (χ4v) is 1.14. The highest BCUT2D eigenvalue weighted by atomic mass is 19.4. The molecule has 0 aromatic heterocycles. The van der Waals surface area contributed by atoms with E-state index in [0.29, 0.717) is 0 Å². The van der Waals surface area contributed by atoms with Gasteiger partial charge in [0.2, 0.25) is 0 Å². The topological polar surface area (TPSA) is 35.5 Å². The molecule has 0 saturated carbocycles. The molecular formula is C9H11F3O3. The minimum absolute atomic E-state index is 0.129. The van der Waals surface area contributed by atoms with Gasteiger partial charge in [-0.05, 0) is 6.92 Å². The number of hydrogen-bond donors (Lipinski definition) is 0. The lowest BCUT2D eigenvalue weighted by Gasteiger charge is -2.36. The van der Waals surface area contributed by atoms with Crippen LogP contribution < -0.4 is 0 Å². The highest BCUT2D eigenvalue weighted by Crippen LogP contribution is 2.34. The van der Waals surface area contributed by atoms with E-state index in [1.165, 1.54) is 12.2 Å². The number of carbonyl (C=O) groups is 1. The van der Waals surface area contributed by atoms with Crippen LogP contribution in [-0.4, -0.2) is 31.0 Å². The fraction of sp³-hybridized carbons (Fsp3) is 0.667. The van der Waals surface area contributed by atoms with Gasteiger partial charge in [0.15, 0.2) is 6.10 Å². The second-order valence-electron chi connectivity index (χ2n) is 3.15. The average molecular weight is 224 g/mol. The van der Waals surface area contributed by atoms with Crippen molar-refractivity contribution in [3.05, 3.63) is 12.2 Å². The van der Waals surface area contributed by atoms with Crippen LogP contribution in [0.2, 0.25) is 0 Å². The molecule has 0 aliphatic carbocycles. The summed E-state index contributed by atoms with van der Waals surface area (Å²) in [6.07, 6.45) is -4.12. The van der Waals surface area contributed by atoms with E-state index in [4.69, 9.17) is 0 Å². The van der Waals surface area contributed by atoms with Crippen LogP contribution in [0.1, 0.15) is 13.3 Å². The first-order valence-electron chi connectivity index (χ1n) is 4.45. The standard InChI is InChI=1S/C9H11F3O3/c1-2-3-8(13)14-5-6-4-7(15-6)9(10,11)12/h2-3,6-7H,4-5H2,1H3. The molecule has 0 radical (unpaired) electrons. The van der Waals surface area contributed by atoms with Gasteiger partial charge in [-0.15, -0.1) is 0 Å². The quantitative estimate of drug-likeness (QED) is 0.542. The predicted molar refractivity (Wildman–Crippen MR) is 45.1 cm³/mol. The van der Waals surface area contributed by atoms with Gasteiger partial charge < -0.3 is 9.47 Å². The number of rotatable bonds is 3. The molecule has 2 atom stereocenters. The van der Waals surface area contributed by atoms with Crippen molar-refractivity contribution in [3.8, 4) is 0 Å². The van der Waals surface area contributed by atoms with E-state index in [0.717, 1.165) is 0 Å². The molecule has 1 rings (SSSR count). The minimum Gasteiger partial charge on any atom is -0.460 e. The van der Waals surface area contributed by atoms with Gasteiger partial charge in [-0.25, -0.2) is 4.79 Å². The Labute approximate surface area is 84.8 Å². The zero-order valence-corrected chi connectivity index (χ0v) is 8.08. The molecule has 0 bridgehead atoms. The maximum Gasteiger partial charge on any atom is 0.414 e. The summed E-state index contributed by atoms with van der Waals surface area (Å²) < 4.78 is 45.0. The Morgan fingerprint density at radius 2 is 2.20 bits per heavy atom. The summed E-state index contributed by atoms with van der Waals surface area (Å²) in [5, 5.41) is 0. The third kappa shape index (κ3) is 3.54. The molecule has 15 heavy (non-hydrogen) atoms. The fourth-order valence-electron chi connectivity index (χ4n) is 1.14. The van der Waals surface area contributed by atoms with Crippen molar-refractivity contribution in [1.29, 1.82) is 0 Å². The van der Waals surface area contributed by atoms with E-state index in [2.05, 4.69) is 9.47 Å². The van der Waals surface area contributed by atoms with E-state index >= 15 is 0 Å². The van der Waals surface area contributed by atoms with Gasteiger partial charge in [-0.2, -0.15) is 13.2 Å². The number of allylic oxidation sites excluding steroid dienone is 1.